The van der Waals surface area contributed by atoms with Crippen LogP contribution in [0.15, 0.2) is 18.5 Å². The summed E-state index contributed by atoms with van der Waals surface area (Å²) in [5, 5.41) is 12.4. The number of carbonyl (C=O) groups is 1. The molecule has 2 aliphatic heterocycles. The largest absolute Gasteiger partial charge is 0.340 e. The summed E-state index contributed by atoms with van der Waals surface area (Å²) in [4.78, 5) is 24.3. The zero-order chi connectivity index (χ0) is 19.7. The topological polar surface area (TPSA) is 85.2 Å². The number of hydrogen-bond donors (Lipinski definition) is 1. The predicted molar refractivity (Wildman–Crippen MR) is 97.5 cm³/mol. The molecule has 3 fully saturated rings. The molecule has 28 heavy (non-hydrogen) atoms. The number of amides is 1. The van der Waals surface area contributed by atoms with Crippen molar-refractivity contribution < 1.29 is 13.6 Å². The maximum atomic E-state index is 13.6. The van der Waals surface area contributed by atoms with Gasteiger partial charge in [-0.3, -0.25) is 4.79 Å². The number of aromatic nitrogens is 2. The van der Waals surface area contributed by atoms with Crippen molar-refractivity contribution in [2.75, 3.05) is 31.1 Å². The second kappa shape index (κ2) is 7.59. The number of nitriles is 1. The van der Waals surface area contributed by atoms with Gasteiger partial charge in [-0.25, -0.2) is 18.7 Å². The summed E-state index contributed by atoms with van der Waals surface area (Å²) >= 11 is 0. The van der Waals surface area contributed by atoms with E-state index >= 15 is 0 Å². The van der Waals surface area contributed by atoms with Crippen LogP contribution < -0.4 is 10.2 Å². The second-order valence-electron chi connectivity index (χ2n) is 8.02. The van der Waals surface area contributed by atoms with Crippen molar-refractivity contribution in [3.05, 3.63) is 18.5 Å². The van der Waals surface area contributed by atoms with Gasteiger partial charge in [-0.15, -0.1) is 0 Å². The number of fused-ring (bicyclic) bond motifs is 1. The summed E-state index contributed by atoms with van der Waals surface area (Å²) in [6.07, 6.45) is 6.05. The summed E-state index contributed by atoms with van der Waals surface area (Å²) in [7, 11) is 0. The molecule has 2 saturated heterocycles. The quantitative estimate of drug-likeness (QED) is 0.837. The van der Waals surface area contributed by atoms with E-state index in [4.69, 9.17) is 5.26 Å². The van der Waals surface area contributed by atoms with Gasteiger partial charge in [-0.05, 0) is 30.7 Å². The molecule has 0 aromatic carbocycles. The standard InChI is InChI=1S/C19H24F2N6O/c20-19(21)7-14(8-22)27(12-19)17(28)9-25-16-4-1-3-13-10-26(11-15(13)16)18-23-5-2-6-24-18/h2,5-6,13-16,25H,1,3-4,7,9-12H2/t13?,14-,15?,16?/m0/s1. The molecule has 4 atom stereocenters. The Labute approximate surface area is 162 Å². The summed E-state index contributed by atoms with van der Waals surface area (Å²) in [5.74, 6) is -1.80. The number of rotatable bonds is 4. The fourth-order valence-electron chi connectivity index (χ4n) is 4.86. The number of nitrogens with one attached hydrogen (secondary N) is 1. The lowest BCUT2D eigenvalue weighted by molar-refractivity contribution is -0.131. The average Bonchev–Trinajstić information content (AvgIpc) is 3.27. The third kappa shape index (κ3) is 3.78. The number of likely N-dealkylation sites (tertiary alicyclic amines) is 1. The predicted octanol–water partition coefficient (Wildman–Crippen LogP) is 1.43. The highest BCUT2D eigenvalue weighted by atomic mass is 19.3. The van der Waals surface area contributed by atoms with E-state index in [-0.39, 0.29) is 12.6 Å². The molecule has 1 amide bonds. The Bertz CT molecular complexity index is 755. The summed E-state index contributed by atoms with van der Waals surface area (Å²) in [5.41, 5.74) is 0. The molecule has 7 nitrogen and oxygen atoms in total. The van der Waals surface area contributed by atoms with Crippen LogP contribution in [0.3, 0.4) is 0 Å². The molecule has 0 bridgehead atoms. The van der Waals surface area contributed by atoms with Crippen LogP contribution in [0.4, 0.5) is 14.7 Å². The Balaban J connectivity index is 1.36. The molecule has 1 aromatic heterocycles. The summed E-state index contributed by atoms with van der Waals surface area (Å²) in [6.45, 7) is 1.05. The molecule has 1 saturated carbocycles. The van der Waals surface area contributed by atoms with Crippen LogP contribution in [0.1, 0.15) is 25.7 Å². The van der Waals surface area contributed by atoms with E-state index in [0.717, 1.165) is 43.2 Å². The van der Waals surface area contributed by atoms with Gasteiger partial charge < -0.3 is 15.1 Å². The van der Waals surface area contributed by atoms with Crippen LogP contribution in [0.25, 0.3) is 0 Å². The number of nitrogens with zero attached hydrogens (tertiary/aromatic N) is 5. The van der Waals surface area contributed by atoms with Gasteiger partial charge in [0.2, 0.25) is 11.9 Å². The molecule has 9 heteroatoms. The van der Waals surface area contributed by atoms with Crippen molar-refractivity contribution >= 4 is 11.9 Å². The number of halogens is 2. The van der Waals surface area contributed by atoms with E-state index in [9.17, 15) is 13.6 Å². The monoisotopic (exact) mass is 390 g/mol. The highest BCUT2D eigenvalue weighted by Crippen LogP contribution is 2.37. The first-order valence-electron chi connectivity index (χ1n) is 9.79. The summed E-state index contributed by atoms with van der Waals surface area (Å²) in [6, 6.07) is 2.73. The first-order valence-corrected chi connectivity index (χ1v) is 9.79. The molecule has 3 unspecified atom stereocenters. The van der Waals surface area contributed by atoms with E-state index in [1.165, 1.54) is 0 Å². The highest BCUT2D eigenvalue weighted by molar-refractivity contribution is 5.79. The Morgan fingerprint density at radius 1 is 1.32 bits per heavy atom. The number of hydrogen-bond acceptors (Lipinski definition) is 6. The molecule has 1 aromatic rings. The number of anilines is 1. The zero-order valence-corrected chi connectivity index (χ0v) is 15.6. The number of alkyl halides is 2. The first-order chi connectivity index (χ1) is 13.5. The van der Waals surface area contributed by atoms with Crippen molar-refractivity contribution in [1.29, 1.82) is 5.26 Å². The fraction of sp³-hybridized carbons (Fsp3) is 0.684. The average molecular weight is 390 g/mol. The van der Waals surface area contributed by atoms with Gasteiger partial charge in [0.05, 0.1) is 19.2 Å². The molecule has 3 aliphatic rings. The van der Waals surface area contributed by atoms with Crippen molar-refractivity contribution in [1.82, 2.24) is 20.2 Å². The molecule has 4 rings (SSSR count). The Kier molecular flexibility index (Phi) is 5.15. The van der Waals surface area contributed by atoms with E-state index in [1.54, 1.807) is 18.5 Å². The Morgan fingerprint density at radius 2 is 2.11 bits per heavy atom. The second-order valence-corrected chi connectivity index (χ2v) is 8.02. The lowest BCUT2D eigenvalue weighted by Crippen LogP contribution is -2.48. The van der Waals surface area contributed by atoms with Crippen molar-refractivity contribution in [3.63, 3.8) is 0 Å². The van der Waals surface area contributed by atoms with E-state index in [1.807, 2.05) is 6.07 Å². The lowest BCUT2D eigenvalue weighted by Gasteiger charge is -2.33. The van der Waals surface area contributed by atoms with Gasteiger partial charge >= 0.3 is 0 Å². The smallest absolute Gasteiger partial charge is 0.268 e. The molecule has 1 N–H and O–H groups in total. The maximum Gasteiger partial charge on any atom is 0.268 e. The Morgan fingerprint density at radius 3 is 2.86 bits per heavy atom. The van der Waals surface area contributed by atoms with E-state index in [2.05, 4.69) is 20.2 Å². The third-order valence-electron chi connectivity index (χ3n) is 6.19. The SMILES string of the molecule is N#C[C@@H]1CC(F)(F)CN1C(=O)CNC1CCCC2CN(c3ncccn3)CC21. The minimum absolute atomic E-state index is 0.00994. The minimum Gasteiger partial charge on any atom is -0.340 e. The zero-order valence-electron chi connectivity index (χ0n) is 15.6. The highest BCUT2D eigenvalue weighted by Gasteiger charge is 2.47. The molecule has 0 spiro atoms. The van der Waals surface area contributed by atoms with Gasteiger partial charge in [0, 0.05) is 37.9 Å². The molecule has 3 heterocycles. The minimum atomic E-state index is -2.98. The number of carbonyl (C=O) groups excluding carboxylic acids is 1. The fourth-order valence-corrected chi connectivity index (χ4v) is 4.86. The van der Waals surface area contributed by atoms with Gasteiger partial charge in [0.1, 0.15) is 6.04 Å². The molecular weight excluding hydrogens is 366 g/mol. The van der Waals surface area contributed by atoms with Crippen molar-refractivity contribution in [2.24, 2.45) is 11.8 Å². The van der Waals surface area contributed by atoms with Crippen LogP contribution >= 0.6 is 0 Å². The first kappa shape index (κ1) is 19.0. The van der Waals surface area contributed by atoms with Crippen LogP contribution in [-0.2, 0) is 4.79 Å². The van der Waals surface area contributed by atoms with E-state index in [0.29, 0.717) is 11.8 Å². The summed E-state index contributed by atoms with van der Waals surface area (Å²) < 4.78 is 27.2. The van der Waals surface area contributed by atoms with Crippen LogP contribution in [0, 0.1) is 23.2 Å². The van der Waals surface area contributed by atoms with Crippen molar-refractivity contribution in [2.45, 2.75) is 43.7 Å². The van der Waals surface area contributed by atoms with Gasteiger partial charge in [-0.1, -0.05) is 6.42 Å². The van der Waals surface area contributed by atoms with E-state index < -0.39 is 30.8 Å². The van der Waals surface area contributed by atoms with Crippen LogP contribution in [0.2, 0.25) is 0 Å². The third-order valence-corrected chi connectivity index (χ3v) is 6.19. The van der Waals surface area contributed by atoms with Gasteiger partial charge in [-0.2, -0.15) is 5.26 Å². The molecule has 150 valence electrons. The van der Waals surface area contributed by atoms with Crippen molar-refractivity contribution in [3.8, 4) is 6.07 Å². The lowest BCUT2D eigenvalue weighted by atomic mass is 9.78. The van der Waals surface area contributed by atoms with Gasteiger partial charge in [0.15, 0.2) is 0 Å². The van der Waals surface area contributed by atoms with Crippen LogP contribution in [0.5, 0.6) is 0 Å². The van der Waals surface area contributed by atoms with Crippen LogP contribution in [-0.4, -0.2) is 65.0 Å². The Hall–Kier alpha value is -2.34. The molecular formula is C19H24F2N6O. The van der Waals surface area contributed by atoms with Gasteiger partial charge in [0.25, 0.3) is 5.92 Å². The molecule has 0 radical (unpaired) electrons. The normalized spacial score (nSPS) is 31.5. The molecule has 1 aliphatic carbocycles. The maximum absolute atomic E-state index is 13.6.